The van der Waals surface area contributed by atoms with E-state index in [1.165, 1.54) is 11.8 Å². The number of hydrogen-bond donors (Lipinski definition) is 0. The summed E-state index contributed by atoms with van der Waals surface area (Å²) in [5.41, 5.74) is 2.70. The van der Waals surface area contributed by atoms with Crippen LogP contribution in [0.15, 0.2) is 53.7 Å². The predicted octanol–water partition coefficient (Wildman–Crippen LogP) is 2.67. The maximum absolute atomic E-state index is 13.4. The summed E-state index contributed by atoms with van der Waals surface area (Å²) in [5.74, 6) is 0.686. The average Bonchev–Trinajstić information content (AvgIpc) is 3.26. The number of carbonyl (C=O) groups excluding carboxylic acids is 1. The Labute approximate surface area is 179 Å². The first-order valence-electron chi connectivity index (χ1n) is 9.69. The number of aromatic nitrogens is 4. The monoisotopic (exact) mass is 425 g/mol. The third kappa shape index (κ3) is 4.31. The number of aryl methyl sites for hydroxylation is 1. The number of benzene rings is 2. The van der Waals surface area contributed by atoms with E-state index >= 15 is 0 Å². The second-order valence-electron chi connectivity index (χ2n) is 6.89. The first-order valence-corrected chi connectivity index (χ1v) is 10.6. The van der Waals surface area contributed by atoms with Crippen LogP contribution in [0.3, 0.4) is 0 Å². The third-order valence-electron chi connectivity index (χ3n) is 4.88. The molecule has 0 aliphatic carbocycles. The number of rotatable bonds is 6. The van der Waals surface area contributed by atoms with Crippen LogP contribution in [0.2, 0.25) is 0 Å². The van der Waals surface area contributed by atoms with Crippen LogP contribution < -0.4 is 4.74 Å². The number of morpholine rings is 1. The molecule has 0 unspecified atom stereocenters. The van der Waals surface area contributed by atoms with Crippen molar-refractivity contribution in [1.82, 2.24) is 25.1 Å². The van der Waals surface area contributed by atoms with Gasteiger partial charge in [-0.05, 0) is 40.6 Å². The Balaban J connectivity index is 1.69. The zero-order valence-corrected chi connectivity index (χ0v) is 17.7. The highest BCUT2D eigenvalue weighted by Crippen LogP contribution is 2.37. The number of thioether (sulfide) groups is 1. The molecule has 0 N–H and O–H groups in total. The number of methoxy groups -OCH3 is 1. The molecule has 1 fully saturated rings. The molecule has 9 heteroatoms. The van der Waals surface area contributed by atoms with E-state index in [1.807, 2.05) is 60.4 Å². The minimum absolute atomic E-state index is 0.0280. The van der Waals surface area contributed by atoms with Crippen molar-refractivity contribution in [1.29, 1.82) is 0 Å². The van der Waals surface area contributed by atoms with Gasteiger partial charge in [-0.3, -0.25) is 4.79 Å². The van der Waals surface area contributed by atoms with Crippen LogP contribution >= 0.6 is 11.8 Å². The van der Waals surface area contributed by atoms with Crippen molar-refractivity contribution < 1.29 is 14.3 Å². The molecule has 3 aromatic rings. The number of amides is 1. The van der Waals surface area contributed by atoms with Gasteiger partial charge in [-0.15, -0.1) is 5.10 Å². The third-order valence-corrected chi connectivity index (χ3v) is 6.05. The van der Waals surface area contributed by atoms with Gasteiger partial charge in [0.05, 0.1) is 20.3 Å². The van der Waals surface area contributed by atoms with E-state index in [4.69, 9.17) is 9.47 Å². The molecule has 156 valence electrons. The fourth-order valence-corrected chi connectivity index (χ4v) is 4.39. The second kappa shape index (κ2) is 9.27. The molecule has 2 aromatic carbocycles. The molecule has 0 saturated carbocycles. The summed E-state index contributed by atoms with van der Waals surface area (Å²) in [6, 6.07) is 15.5. The van der Waals surface area contributed by atoms with E-state index in [-0.39, 0.29) is 5.91 Å². The van der Waals surface area contributed by atoms with Crippen LogP contribution in [0.4, 0.5) is 0 Å². The summed E-state index contributed by atoms with van der Waals surface area (Å²) in [4.78, 5) is 15.2. The van der Waals surface area contributed by atoms with E-state index in [2.05, 4.69) is 15.5 Å². The molecular formula is C21H23N5O3S. The van der Waals surface area contributed by atoms with Crippen LogP contribution in [0, 0.1) is 6.92 Å². The standard InChI is InChI=1S/C21H23N5O3S/c1-15-8-9-18(28-2)17(14-15)26-21(22-23-24-26)30-19(16-6-4-3-5-7-16)20(27)25-10-12-29-13-11-25/h3-9,14,19H,10-13H2,1-2H3/t19-/m0/s1. The summed E-state index contributed by atoms with van der Waals surface area (Å²) >= 11 is 1.34. The number of nitrogens with zero attached hydrogens (tertiary/aromatic N) is 5. The molecule has 2 heterocycles. The quantitative estimate of drug-likeness (QED) is 0.562. The smallest absolute Gasteiger partial charge is 0.240 e. The lowest BCUT2D eigenvalue weighted by Gasteiger charge is -2.30. The molecule has 1 aliphatic rings. The average molecular weight is 426 g/mol. The Morgan fingerprint density at radius 2 is 1.93 bits per heavy atom. The van der Waals surface area contributed by atoms with Gasteiger partial charge in [0.2, 0.25) is 11.1 Å². The van der Waals surface area contributed by atoms with Gasteiger partial charge in [0.15, 0.2) is 0 Å². The van der Waals surface area contributed by atoms with Crippen molar-refractivity contribution in [3.05, 3.63) is 59.7 Å². The number of ether oxygens (including phenoxy) is 2. The highest BCUT2D eigenvalue weighted by Gasteiger charge is 2.30. The van der Waals surface area contributed by atoms with Crippen LogP contribution in [0.25, 0.3) is 5.69 Å². The molecule has 1 amide bonds. The normalized spacial score (nSPS) is 15.1. The van der Waals surface area contributed by atoms with Crippen molar-refractivity contribution in [2.75, 3.05) is 33.4 Å². The Hall–Kier alpha value is -2.91. The highest BCUT2D eigenvalue weighted by molar-refractivity contribution is 8.00. The molecule has 0 spiro atoms. The Morgan fingerprint density at radius 1 is 1.17 bits per heavy atom. The first-order chi connectivity index (χ1) is 14.7. The Morgan fingerprint density at radius 3 is 2.67 bits per heavy atom. The fraction of sp³-hybridized carbons (Fsp3) is 0.333. The van der Waals surface area contributed by atoms with Gasteiger partial charge >= 0.3 is 0 Å². The summed E-state index contributed by atoms with van der Waals surface area (Å²) < 4.78 is 12.5. The SMILES string of the molecule is COc1ccc(C)cc1-n1nnnc1S[C@H](C(=O)N1CCOCC1)c1ccccc1. The van der Waals surface area contributed by atoms with Crippen LogP contribution in [0.5, 0.6) is 5.75 Å². The van der Waals surface area contributed by atoms with Crippen molar-refractivity contribution in [3.8, 4) is 11.4 Å². The van der Waals surface area contributed by atoms with Crippen LogP contribution in [0.1, 0.15) is 16.4 Å². The lowest BCUT2D eigenvalue weighted by Crippen LogP contribution is -2.42. The van der Waals surface area contributed by atoms with Gasteiger partial charge in [-0.2, -0.15) is 4.68 Å². The summed E-state index contributed by atoms with van der Waals surface area (Å²) in [6.45, 7) is 4.26. The van der Waals surface area contributed by atoms with Crippen molar-refractivity contribution in [2.24, 2.45) is 0 Å². The van der Waals surface area contributed by atoms with Gasteiger partial charge in [0.1, 0.15) is 16.7 Å². The van der Waals surface area contributed by atoms with E-state index < -0.39 is 5.25 Å². The Kier molecular flexibility index (Phi) is 6.29. The maximum atomic E-state index is 13.4. The van der Waals surface area contributed by atoms with Gasteiger partial charge in [0.25, 0.3) is 0 Å². The zero-order valence-electron chi connectivity index (χ0n) is 16.9. The number of hydrogen-bond acceptors (Lipinski definition) is 7. The van der Waals surface area contributed by atoms with E-state index in [1.54, 1.807) is 11.8 Å². The molecule has 0 radical (unpaired) electrons. The molecule has 1 aromatic heterocycles. The minimum Gasteiger partial charge on any atom is -0.494 e. The first kappa shape index (κ1) is 20.4. The lowest BCUT2D eigenvalue weighted by molar-refractivity contribution is -0.134. The summed E-state index contributed by atoms with van der Waals surface area (Å²) in [5, 5.41) is 12.3. The Bertz CT molecular complexity index is 1000. The predicted molar refractivity (Wildman–Crippen MR) is 113 cm³/mol. The molecule has 30 heavy (non-hydrogen) atoms. The lowest BCUT2D eigenvalue weighted by atomic mass is 10.1. The fourth-order valence-electron chi connectivity index (χ4n) is 3.31. The van der Waals surface area contributed by atoms with Crippen LogP contribution in [-0.4, -0.2) is 64.4 Å². The molecule has 1 atom stereocenters. The van der Waals surface area contributed by atoms with E-state index in [0.717, 1.165) is 16.8 Å². The second-order valence-corrected chi connectivity index (χ2v) is 7.97. The molecule has 4 rings (SSSR count). The van der Waals surface area contributed by atoms with Crippen molar-refractivity contribution in [3.63, 3.8) is 0 Å². The minimum atomic E-state index is -0.468. The largest absolute Gasteiger partial charge is 0.494 e. The van der Waals surface area contributed by atoms with Gasteiger partial charge in [-0.1, -0.05) is 48.2 Å². The maximum Gasteiger partial charge on any atom is 0.240 e. The summed E-state index contributed by atoms with van der Waals surface area (Å²) in [6.07, 6.45) is 0. The van der Waals surface area contributed by atoms with E-state index in [0.29, 0.717) is 37.2 Å². The molecule has 1 aliphatic heterocycles. The number of tetrazole rings is 1. The van der Waals surface area contributed by atoms with Gasteiger partial charge in [-0.25, -0.2) is 0 Å². The highest BCUT2D eigenvalue weighted by atomic mass is 32.2. The van der Waals surface area contributed by atoms with Crippen molar-refractivity contribution in [2.45, 2.75) is 17.3 Å². The topological polar surface area (TPSA) is 82.4 Å². The number of carbonyl (C=O) groups is 1. The van der Waals surface area contributed by atoms with E-state index in [9.17, 15) is 4.79 Å². The zero-order chi connectivity index (χ0) is 20.9. The summed E-state index contributed by atoms with van der Waals surface area (Å²) in [7, 11) is 1.61. The van der Waals surface area contributed by atoms with Gasteiger partial charge in [0, 0.05) is 13.1 Å². The molecule has 0 bridgehead atoms. The molecular weight excluding hydrogens is 402 g/mol. The molecule has 1 saturated heterocycles. The van der Waals surface area contributed by atoms with Gasteiger partial charge < -0.3 is 14.4 Å². The van der Waals surface area contributed by atoms with Crippen LogP contribution in [-0.2, 0) is 9.53 Å². The van der Waals surface area contributed by atoms with Crippen molar-refractivity contribution >= 4 is 17.7 Å². The molecule has 8 nitrogen and oxygen atoms in total.